The molecule has 0 bridgehead atoms. The molecule has 3 aromatic rings. The molecule has 140 valence electrons. The largest absolute Gasteiger partial charge is 0.496 e. The maximum absolute atomic E-state index is 13.0. The van der Waals surface area contributed by atoms with Gasteiger partial charge in [0.2, 0.25) is 0 Å². The Morgan fingerprint density at radius 3 is 2.41 bits per heavy atom. The molecule has 0 radical (unpaired) electrons. The van der Waals surface area contributed by atoms with Crippen molar-refractivity contribution < 1.29 is 14.3 Å². The summed E-state index contributed by atoms with van der Waals surface area (Å²) in [6.07, 6.45) is 0.0636. The summed E-state index contributed by atoms with van der Waals surface area (Å²) < 4.78 is 11.5. The number of amides is 1. The highest BCUT2D eigenvalue weighted by Crippen LogP contribution is 2.27. The van der Waals surface area contributed by atoms with E-state index >= 15 is 0 Å². The van der Waals surface area contributed by atoms with Gasteiger partial charge in [0.25, 0.3) is 5.91 Å². The first-order valence-corrected chi connectivity index (χ1v) is 9.15. The predicted molar refractivity (Wildman–Crippen MR) is 108 cm³/mol. The molecule has 0 aliphatic heterocycles. The van der Waals surface area contributed by atoms with Gasteiger partial charge in [-0.3, -0.25) is 4.79 Å². The van der Waals surface area contributed by atoms with Crippen LogP contribution in [0.4, 0.5) is 0 Å². The quantitative estimate of drug-likeness (QED) is 0.613. The molecule has 0 saturated heterocycles. The minimum atomic E-state index is -0.532. The molecule has 0 unspecified atom stereocenters. The molecule has 0 fully saturated rings. The summed E-state index contributed by atoms with van der Waals surface area (Å²) in [7, 11) is 3.43. The van der Waals surface area contributed by atoms with Crippen LogP contribution < -0.4 is 9.47 Å². The van der Waals surface area contributed by atoms with Gasteiger partial charge in [0.15, 0.2) is 6.10 Å². The van der Waals surface area contributed by atoms with Gasteiger partial charge >= 0.3 is 0 Å². The van der Waals surface area contributed by atoms with E-state index in [1.165, 1.54) is 0 Å². The van der Waals surface area contributed by atoms with Gasteiger partial charge in [-0.05, 0) is 23.9 Å². The Kier molecular flexibility index (Phi) is 5.97. The van der Waals surface area contributed by atoms with Crippen molar-refractivity contribution >= 4 is 16.7 Å². The molecule has 0 heterocycles. The van der Waals surface area contributed by atoms with E-state index in [9.17, 15) is 4.79 Å². The number of hydrogen-bond acceptors (Lipinski definition) is 3. The van der Waals surface area contributed by atoms with Gasteiger partial charge < -0.3 is 14.4 Å². The third-order valence-corrected chi connectivity index (χ3v) is 4.64. The summed E-state index contributed by atoms with van der Waals surface area (Å²) in [6, 6.07) is 21.7. The van der Waals surface area contributed by atoms with Crippen molar-refractivity contribution in [2.24, 2.45) is 0 Å². The second-order valence-electron chi connectivity index (χ2n) is 6.50. The van der Waals surface area contributed by atoms with E-state index in [-0.39, 0.29) is 5.91 Å². The number of nitrogens with zero attached hydrogens (tertiary/aromatic N) is 1. The number of rotatable bonds is 7. The number of carbonyl (C=O) groups excluding carboxylic acids is 1. The number of para-hydroxylation sites is 1. The zero-order valence-electron chi connectivity index (χ0n) is 16.0. The molecule has 0 N–H and O–H groups in total. The first-order valence-electron chi connectivity index (χ1n) is 9.15. The maximum atomic E-state index is 13.0. The molecule has 3 rings (SSSR count). The smallest absolute Gasteiger partial charge is 0.263 e. The second-order valence-corrected chi connectivity index (χ2v) is 6.50. The lowest BCUT2D eigenvalue weighted by Crippen LogP contribution is -2.39. The molecule has 0 saturated carbocycles. The lowest BCUT2D eigenvalue weighted by molar-refractivity contribution is -0.138. The molecular formula is C23H25NO3. The summed E-state index contributed by atoms with van der Waals surface area (Å²) >= 11 is 0. The Bertz CT molecular complexity index is 917. The maximum Gasteiger partial charge on any atom is 0.263 e. The number of methoxy groups -OCH3 is 1. The number of ether oxygens (including phenoxy) is 2. The van der Waals surface area contributed by atoms with Crippen LogP contribution in [0.25, 0.3) is 10.8 Å². The summed E-state index contributed by atoms with van der Waals surface area (Å²) in [4.78, 5) is 14.7. The fourth-order valence-corrected chi connectivity index (χ4v) is 3.17. The average molecular weight is 363 g/mol. The topological polar surface area (TPSA) is 38.8 Å². The van der Waals surface area contributed by atoms with Gasteiger partial charge in [0, 0.05) is 24.5 Å². The normalized spacial score (nSPS) is 11.8. The highest BCUT2D eigenvalue weighted by atomic mass is 16.5. The molecule has 4 nitrogen and oxygen atoms in total. The summed E-state index contributed by atoms with van der Waals surface area (Å²) in [5.41, 5.74) is 0.968. The van der Waals surface area contributed by atoms with Crippen LogP contribution in [-0.2, 0) is 11.3 Å². The van der Waals surface area contributed by atoms with Crippen LogP contribution in [0, 0.1) is 0 Å². The molecule has 0 aliphatic carbocycles. The molecule has 0 spiro atoms. The molecule has 3 aromatic carbocycles. The van der Waals surface area contributed by atoms with E-state index in [1.807, 2.05) is 73.7 Å². The third kappa shape index (κ3) is 4.22. The van der Waals surface area contributed by atoms with Crippen LogP contribution in [-0.4, -0.2) is 31.1 Å². The highest BCUT2D eigenvalue weighted by Gasteiger charge is 2.23. The summed E-state index contributed by atoms with van der Waals surface area (Å²) in [5.74, 6) is 1.47. The van der Waals surface area contributed by atoms with Gasteiger partial charge in [-0.15, -0.1) is 0 Å². The molecule has 0 aromatic heterocycles. The zero-order chi connectivity index (χ0) is 19.2. The number of carbonyl (C=O) groups is 1. The Labute approximate surface area is 160 Å². The van der Waals surface area contributed by atoms with Crippen molar-refractivity contribution in [3.8, 4) is 11.5 Å². The Balaban J connectivity index is 1.77. The van der Waals surface area contributed by atoms with Crippen molar-refractivity contribution in [3.63, 3.8) is 0 Å². The van der Waals surface area contributed by atoms with E-state index < -0.39 is 6.10 Å². The van der Waals surface area contributed by atoms with Crippen molar-refractivity contribution in [1.29, 1.82) is 0 Å². The average Bonchev–Trinajstić information content (AvgIpc) is 2.72. The second kappa shape index (κ2) is 8.58. The molecule has 1 atom stereocenters. The monoisotopic (exact) mass is 363 g/mol. The number of benzene rings is 3. The van der Waals surface area contributed by atoms with Gasteiger partial charge in [0.1, 0.15) is 11.5 Å². The van der Waals surface area contributed by atoms with E-state index in [0.29, 0.717) is 13.0 Å². The fraction of sp³-hybridized carbons (Fsp3) is 0.261. The fourth-order valence-electron chi connectivity index (χ4n) is 3.17. The van der Waals surface area contributed by atoms with Crippen molar-refractivity contribution in [2.45, 2.75) is 26.0 Å². The SMILES string of the molecule is CC[C@@H](Oc1cccc2ccccc12)C(=O)N(C)Cc1ccccc1OC. The van der Waals surface area contributed by atoms with Crippen LogP contribution >= 0.6 is 0 Å². The minimum absolute atomic E-state index is 0.0451. The van der Waals surface area contributed by atoms with Crippen molar-refractivity contribution in [3.05, 3.63) is 72.3 Å². The summed E-state index contributed by atoms with van der Waals surface area (Å²) in [5, 5.41) is 2.11. The highest BCUT2D eigenvalue weighted by molar-refractivity contribution is 5.89. The third-order valence-electron chi connectivity index (χ3n) is 4.64. The van der Waals surface area contributed by atoms with E-state index in [0.717, 1.165) is 27.8 Å². The van der Waals surface area contributed by atoms with Crippen LogP contribution in [0.1, 0.15) is 18.9 Å². The molecule has 0 aliphatic rings. The Morgan fingerprint density at radius 1 is 0.963 bits per heavy atom. The standard InChI is InChI=1S/C23H25NO3/c1-4-20(27-22-15-9-12-17-10-5-7-13-19(17)22)23(25)24(2)16-18-11-6-8-14-21(18)26-3/h5-15,20H,4,16H2,1-3H3/t20-/m1/s1. The first kappa shape index (κ1) is 18.8. The Hall–Kier alpha value is -3.01. The summed E-state index contributed by atoms with van der Waals surface area (Å²) in [6.45, 7) is 2.43. The molecular weight excluding hydrogens is 338 g/mol. The van der Waals surface area contributed by atoms with Gasteiger partial charge in [-0.1, -0.05) is 61.5 Å². The minimum Gasteiger partial charge on any atom is -0.496 e. The molecule has 27 heavy (non-hydrogen) atoms. The van der Waals surface area contributed by atoms with Crippen molar-refractivity contribution in [1.82, 2.24) is 4.90 Å². The van der Waals surface area contributed by atoms with E-state index in [1.54, 1.807) is 19.1 Å². The van der Waals surface area contributed by atoms with E-state index in [2.05, 4.69) is 0 Å². The lowest BCUT2D eigenvalue weighted by Gasteiger charge is -2.25. The van der Waals surface area contributed by atoms with Crippen LogP contribution in [0.2, 0.25) is 0 Å². The van der Waals surface area contributed by atoms with Crippen LogP contribution in [0.15, 0.2) is 66.7 Å². The van der Waals surface area contributed by atoms with Crippen LogP contribution in [0.5, 0.6) is 11.5 Å². The lowest BCUT2D eigenvalue weighted by atomic mass is 10.1. The first-order chi connectivity index (χ1) is 13.1. The number of fused-ring (bicyclic) bond motifs is 1. The zero-order valence-corrected chi connectivity index (χ0v) is 16.0. The van der Waals surface area contributed by atoms with Crippen LogP contribution in [0.3, 0.4) is 0 Å². The number of likely N-dealkylation sites (N-methyl/N-ethyl adjacent to an activating group) is 1. The Morgan fingerprint density at radius 2 is 1.63 bits per heavy atom. The van der Waals surface area contributed by atoms with E-state index in [4.69, 9.17) is 9.47 Å². The number of hydrogen-bond donors (Lipinski definition) is 0. The molecule has 4 heteroatoms. The van der Waals surface area contributed by atoms with Gasteiger partial charge in [0.05, 0.1) is 7.11 Å². The van der Waals surface area contributed by atoms with Crippen molar-refractivity contribution in [2.75, 3.05) is 14.2 Å². The van der Waals surface area contributed by atoms with Gasteiger partial charge in [-0.2, -0.15) is 0 Å². The predicted octanol–water partition coefficient (Wildman–Crippen LogP) is 4.66. The molecule has 1 amide bonds. The van der Waals surface area contributed by atoms with Gasteiger partial charge in [-0.25, -0.2) is 0 Å².